The minimum absolute atomic E-state index is 0.119. The monoisotopic (exact) mass is 279 g/mol. The molecule has 0 spiro atoms. The molecule has 0 saturated heterocycles. The molecule has 0 atom stereocenters. The van der Waals surface area contributed by atoms with Gasteiger partial charge in [0.1, 0.15) is 18.2 Å². The minimum Gasteiger partial charge on any atom is -0.489 e. The fourth-order valence-electron chi connectivity index (χ4n) is 1.77. The van der Waals surface area contributed by atoms with Crippen LogP contribution >= 0.6 is 11.6 Å². The predicted octanol–water partition coefficient (Wildman–Crippen LogP) is 3.78. The third-order valence-corrected chi connectivity index (χ3v) is 3.13. The van der Waals surface area contributed by atoms with E-state index in [0.29, 0.717) is 5.56 Å². The lowest BCUT2D eigenvalue weighted by Crippen LogP contribution is -2.05. The zero-order valence-corrected chi connectivity index (χ0v) is 11.4. The summed E-state index contributed by atoms with van der Waals surface area (Å²) in [6.45, 7) is 1.03. The van der Waals surface area contributed by atoms with Crippen LogP contribution in [0.5, 0.6) is 5.75 Å². The summed E-state index contributed by atoms with van der Waals surface area (Å²) in [5, 5.41) is 3.19. The lowest BCUT2D eigenvalue weighted by Gasteiger charge is -2.09. The molecule has 19 heavy (non-hydrogen) atoms. The smallest absolute Gasteiger partial charge is 0.142 e. The maximum absolute atomic E-state index is 13.3. The van der Waals surface area contributed by atoms with Crippen molar-refractivity contribution in [2.45, 2.75) is 13.2 Å². The van der Waals surface area contributed by atoms with Crippen LogP contribution in [-0.2, 0) is 13.2 Å². The van der Waals surface area contributed by atoms with Gasteiger partial charge in [0.15, 0.2) is 0 Å². The topological polar surface area (TPSA) is 21.3 Å². The molecule has 4 heteroatoms. The lowest BCUT2D eigenvalue weighted by atomic mass is 10.2. The summed E-state index contributed by atoms with van der Waals surface area (Å²) in [5.41, 5.74) is 1.77. The summed E-state index contributed by atoms with van der Waals surface area (Å²) in [6, 6.07) is 12.5. The van der Waals surface area contributed by atoms with Gasteiger partial charge in [0.2, 0.25) is 0 Å². The van der Waals surface area contributed by atoms with E-state index in [4.69, 9.17) is 16.3 Å². The standard InChI is InChI=1S/C15H15ClFNO/c1-18-9-11-4-2-6-13(8-11)19-10-12-5-3-7-14(17)15(12)16/h2-8,18H,9-10H2,1H3. The Morgan fingerprint density at radius 2 is 2.00 bits per heavy atom. The zero-order chi connectivity index (χ0) is 13.7. The molecule has 0 heterocycles. The van der Waals surface area contributed by atoms with Crippen LogP contribution in [0.3, 0.4) is 0 Å². The van der Waals surface area contributed by atoms with Crippen LogP contribution in [0, 0.1) is 5.82 Å². The van der Waals surface area contributed by atoms with Gasteiger partial charge < -0.3 is 10.1 Å². The molecule has 1 N–H and O–H groups in total. The van der Waals surface area contributed by atoms with E-state index in [0.717, 1.165) is 17.9 Å². The summed E-state index contributed by atoms with van der Waals surface area (Å²) >= 11 is 5.88. The van der Waals surface area contributed by atoms with Gasteiger partial charge in [-0.2, -0.15) is 0 Å². The highest BCUT2D eigenvalue weighted by Gasteiger charge is 2.06. The molecule has 0 amide bonds. The molecule has 0 fully saturated rings. The SMILES string of the molecule is CNCc1cccc(OCc2cccc(F)c2Cl)c1. The van der Waals surface area contributed by atoms with Crippen LogP contribution in [0.15, 0.2) is 42.5 Å². The second-order valence-corrected chi connectivity index (χ2v) is 4.56. The Hall–Kier alpha value is -1.58. The average molecular weight is 280 g/mol. The fraction of sp³-hybridized carbons (Fsp3) is 0.200. The van der Waals surface area contributed by atoms with Crippen LogP contribution in [0.25, 0.3) is 0 Å². The molecule has 0 aliphatic rings. The van der Waals surface area contributed by atoms with E-state index in [-0.39, 0.29) is 11.6 Å². The Bertz CT molecular complexity index is 560. The molecule has 0 aliphatic heterocycles. The first kappa shape index (κ1) is 13.8. The van der Waals surface area contributed by atoms with Crippen molar-refractivity contribution in [1.82, 2.24) is 5.32 Å². The number of ether oxygens (including phenoxy) is 1. The van der Waals surface area contributed by atoms with Crippen LogP contribution in [0.2, 0.25) is 5.02 Å². The van der Waals surface area contributed by atoms with Gasteiger partial charge in [-0.1, -0.05) is 35.9 Å². The quantitative estimate of drug-likeness (QED) is 0.899. The molecule has 2 nitrogen and oxygen atoms in total. The van der Waals surface area contributed by atoms with Crippen molar-refractivity contribution in [3.8, 4) is 5.75 Å². The third kappa shape index (κ3) is 3.69. The van der Waals surface area contributed by atoms with Gasteiger partial charge in [0.05, 0.1) is 5.02 Å². The molecule has 0 saturated carbocycles. The van der Waals surface area contributed by atoms with Gasteiger partial charge in [0.25, 0.3) is 0 Å². The van der Waals surface area contributed by atoms with Crippen molar-refractivity contribution in [1.29, 1.82) is 0 Å². The molecule has 0 unspecified atom stereocenters. The van der Waals surface area contributed by atoms with E-state index in [1.54, 1.807) is 12.1 Å². The number of hydrogen-bond acceptors (Lipinski definition) is 2. The third-order valence-electron chi connectivity index (χ3n) is 2.71. The van der Waals surface area contributed by atoms with Crippen molar-refractivity contribution in [2.75, 3.05) is 7.05 Å². The fourth-order valence-corrected chi connectivity index (χ4v) is 1.95. The normalized spacial score (nSPS) is 10.5. The van der Waals surface area contributed by atoms with E-state index in [1.165, 1.54) is 6.07 Å². The molecular formula is C15H15ClFNO. The van der Waals surface area contributed by atoms with Crippen molar-refractivity contribution in [3.05, 3.63) is 64.4 Å². The Morgan fingerprint density at radius 3 is 2.79 bits per heavy atom. The molecule has 100 valence electrons. The van der Waals surface area contributed by atoms with E-state index < -0.39 is 5.82 Å². The van der Waals surface area contributed by atoms with Crippen LogP contribution in [-0.4, -0.2) is 7.05 Å². The molecular weight excluding hydrogens is 265 g/mol. The number of halogens is 2. The van der Waals surface area contributed by atoms with E-state index >= 15 is 0 Å². The maximum atomic E-state index is 13.3. The highest BCUT2D eigenvalue weighted by Crippen LogP contribution is 2.22. The van der Waals surface area contributed by atoms with Gasteiger partial charge in [-0.15, -0.1) is 0 Å². The Labute approximate surface area is 117 Å². The zero-order valence-electron chi connectivity index (χ0n) is 10.6. The van der Waals surface area contributed by atoms with Crippen molar-refractivity contribution < 1.29 is 9.13 Å². The van der Waals surface area contributed by atoms with Crippen LogP contribution in [0.4, 0.5) is 4.39 Å². The summed E-state index contributed by atoms with van der Waals surface area (Å²) in [4.78, 5) is 0. The first-order chi connectivity index (χ1) is 9.20. The highest BCUT2D eigenvalue weighted by molar-refractivity contribution is 6.31. The summed E-state index contributed by atoms with van der Waals surface area (Å²) < 4.78 is 18.9. The van der Waals surface area contributed by atoms with Crippen molar-refractivity contribution in [2.24, 2.45) is 0 Å². The molecule has 0 bridgehead atoms. The molecule has 0 radical (unpaired) electrons. The van der Waals surface area contributed by atoms with Gasteiger partial charge in [-0.25, -0.2) is 4.39 Å². The maximum Gasteiger partial charge on any atom is 0.142 e. The Kier molecular flexibility index (Phi) is 4.77. The predicted molar refractivity (Wildman–Crippen MR) is 74.9 cm³/mol. The molecule has 2 aromatic carbocycles. The second kappa shape index (κ2) is 6.55. The summed E-state index contributed by atoms with van der Waals surface area (Å²) in [7, 11) is 1.89. The summed E-state index contributed by atoms with van der Waals surface area (Å²) in [6.07, 6.45) is 0. The van der Waals surface area contributed by atoms with Crippen molar-refractivity contribution >= 4 is 11.6 Å². The van der Waals surface area contributed by atoms with E-state index in [2.05, 4.69) is 5.32 Å². The Morgan fingerprint density at radius 1 is 1.21 bits per heavy atom. The number of benzene rings is 2. The van der Waals surface area contributed by atoms with Crippen LogP contribution in [0.1, 0.15) is 11.1 Å². The average Bonchev–Trinajstić information content (AvgIpc) is 2.41. The van der Waals surface area contributed by atoms with Gasteiger partial charge in [0, 0.05) is 12.1 Å². The molecule has 0 aliphatic carbocycles. The largest absolute Gasteiger partial charge is 0.489 e. The lowest BCUT2D eigenvalue weighted by molar-refractivity contribution is 0.305. The molecule has 0 aromatic heterocycles. The van der Waals surface area contributed by atoms with Gasteiger partial charge >= 0.3 is 0 Å². The van der Waals surface area contributed by atoms with E-state index in [1.807, 2.05) is 31.3 Å². The van der Waals surface area contributed by atoms with E-state index in [9.17, 15) is 4.39 Å². The first-order valence-electron chi connectivity index (χ1n) is 6.00. The highest BCUT2D eigenvalue weighted by atomic mass is 35.5. The van der Waals surface area contributed by atoms with Crippen molar-refractivity contribution in [3.63, 3.8) is 0 Å². The molecule has 2 aromatic rings. The number of nitrogens with one attached hydrogen (secondary N) is 1. The minimum atomic E-state index is -0.424. The summed E-state index contributed by atoms with van der Waals surface area (Å²) in [5.74, 6) is 0.319. The number of rotatable bonds is 5. The van der Waals surface area contributed by atoms with Gasteiger partial charge in [-0.05, 0) is 30.8 Å². The second-order valence-electron chi connectivity index (χ2n) is 4.18. The van der Waals surface area contributed by atoms with Crippen LogP contribution < -0.4 is 10.1 Å². The van der Waals surface area contributed by atoms with Gasteiger partial charge in [-0.3, -0.25) is 0 Å². The number of hydrogen-bond donors (Lipinski definition) is 1. The Balaban J connectivity index is 2.06. The molecule has 2 rings (SSSR count). The first-order valence-corrected chi connectivity index (χ1v) is 6.37.